The van der Waals surface area contributed by atoms with E-state index in [0.717, 1.165) is 5.56 Å². The quantitative estimate of drug-likeness (QED) is 0.823. The molecule has 0 aliphatic heterocycles. The molecule has 4 heteroatoms. The van der Waals surface area contributed by atoms with Crippen molar-refractivity contribution in [3.05, 3.63) is 35.9 Å². The zero-order valence-corrected chi connectivity index (χ0v) is 10.4. The molecule has 0 amide bonds. The first kappa shape index (κ1) is 14.9. The van der Waals surface area contributed by atoms with Crippen molar-refractivity contribution in [3.8, 4) is 0 Å². The summed E-state index contributed by atoms with van der Waals surface area (Å²) >= 11 is 0. The number of rotatable bonds is 4. The molecule has 16 heavy (non-hydrogen) atoms. The second-order valence-electron chi connectivity index (χ2n) is 3.80. The van der Waals surface area contributed by atoms with E-state index in [4.69, 9.17) is 10.5 Å². The highest BCUT2D eigenvalue weighted by Gasteiger charge is 2.29. The van der Waals surface area contributed by atoms with Crippen molar-refractivity contribution < 1.29 is 9.53 Å². The molecule has 0 aromatic heterocycles. The molecule has 0 fully saturated rings. The molecular weight excluding hydrogens is 226 g/mol. The Balaban J connectivity index is 0.00000225. The third-order valence-corrected chi connectivity index (χ3v) is 2.16. The van der Waals surface area contributed by atoms with Crippen LogP contribution < -0.4 is 5.73 Å². The van der Waals surface area contributed by atoms with Crippen molar-refractivity contribution in [2.24, 2.45) is 5.73 Å². The second kappa shape index (κ2) is 6.51. The lowest BCUT2D eigenvalue weighted by Gasteiger charge is -2.22. The molecule has 0 unspecified atom stereocenters. The van der Waals surface area contributed by atoms with E-state index in [9.17, 15) is 4.79 Å². The Labute approximate surface area is 102 Å². The normalized spacial score (nSPS) is 13.4. The second-order valence-corrected chi connectivity index (χ2v) is 3.80. The molecule has 90 valence electrons. The van der Waals surface area contributed by atoms with Crippen molar-refractivity contribution in [1.82, 2.24) is 0 Å². The van der Waals surface area contributed by atoms with Gasteiger partial charge in [-0.3, -0.25) is 4.79 Å². The van der Waals surface area contributed by atoms with Crippen LogP contribution in [0.4, 0.5) is 0 Å². The first-order valence-electron chi connectivity index (χ1n) is 5.06. The largest absolute Gasteiger partial charge is 0.465 e. The van der Waals surface area contributed by atoms with E-state index in [-0.39, 0.29) is 18.4 Å². The van der Waals surface area contributed by atoms with E-state index in [2.05, 4.69) is 0 Å². The van der Waals surface area contributed by atoms with Crippen LogP contribution in [0.25, 0.3) is 0 Å². The lowest BCUT2D eigenvalue weighted by Crippen LogP contribution is -2.48. The lowest BCUT2D eigenvalue weighted by molar-refractivity contribution is -0.148. The smallest absolute Gasteiger partial charge is 0.326 e. The van der Waals surface area contributed by atoms with E-state index in [1.807, 2.05) is 30.3 Å². The van der Waals surface area contributed by atoms with Crippen molar-refractivity contribution in [3.63, 3.8) is 0 Å². The van der Waals surface area contributed by atoms with Crippen LogP contribution in [-0.4, -0.2) is 18.1 Å². The summed E-state index contributed by atoms with van der Waals surface area (Å²) in [6.07, 6.45) is 0.493. The van der Waals surface area contributed by atoms with Crippen molar-refractivity contribution in [2.75, 3.05) is 6.61 Å². The number of hydrogen-bond acceptors (Lipinski definition) is 3. The summed E-state index contributed by atoms with van der Waals surface area (Å²) in [6.45, 7) is 3.83. The molecule has 1 rings (SSSR count). The van der Waals surface area contributed by atoms with Crippen LogP contribution in [0, 0.1) is 0 Å². The molecule has 0 radical (unpaired) electrons. The van der Waals surface area contributed by atoms with Gasteiger partial charge in [-0.05, 0) is 19.4 Å². The maximum atomic E-state index is 11.5. The minimum Gasteiger partial charge on any atom is -0.465 e. The molecule has 1 aromatic carbocycles. The fourth-order valence-electron chi connectivity index (χ4n) is 1.39. The van der Waals surface area contributed by atoms with Crippen LogP contribution in [0.1, 0.15) is 19.4 Å². The highest BCUT2D eigenvalue weighted by atomic mass is 35.5. The molecule has 3 nitrogen and oxygen atoms in total. The number of hydrogen-bond donors (Lipinski definition) is 1. The van der Waals surface area contributed by atoms with Gasteiger partial charge >= 0.3 is 5.97 Å². The van der Waals surface area contributed by atoms with Crippen LogP contribution in [0.3, 0.4) is 0 Å². The first-order valence-corrected chi connectivity index (χ1v) is 5.06. The molecule has 0 aliphatic carbocycles. The number of benzene rings is 1. The predicted octanol–water partition coefficient (Wildman–Crippen LogP) is 1.93. The minimum absolute atomic E-state index is 0. The average Bonchev–Trinajstić information content (AvgIpc) is 2.19. The summed E-state index contributed by atoms with van der Waals surface area (Å²) in [7, 11) is 0. The van der Waals surface area contributed by atoms with Gasteiger partial charge in [0.2, 0.25) is 0 Å². The van der Waals surface area contributed by atoms with E-state index in [0.29, 0.717) is 13.0 Å². The van der Waals surface area contributed by atoms with Crippen LogP contribution in [0.5, 0.6) is 0 Å². The van der Waals surface area contributed by atoms with Crippen molar-refractivity contribution >= 4 is 18.4 Å². The van der Waals surface area contributed by atoms with Crippen LogP contribution >= 0.6 is 12.4 Å². The van der Waals surface area contributed by atoms with Gasteiger partial charge in [0.25, 0.3) is 0 Å². The van der Waals surface area contributed by atoms with Crippen LogP contribution in [-0.2, 0) is 16.0 Å². The average molecular weight is 244 g/mol. The van der Waals surface area contributed by atoms with Crippen LogP contribution in [0.15, 0.2) is 30.3 Å². The zero-order valence-electron chi connectivity index (χ0n) is 9.60. The SMILES string of the molecule is CCOC(=O)[C@@](C)(N)Cc1ccccc1.Cl. The van der Waals surface area contributed by atoms with Gasteiger partial charge in [0, 0.05) is 6.42 Å². The van der Waals surface area contributed by atoms with E-state index < -0.39 is 5.54 Å². The molecule has 0 saturated heterocycles. The Hall–Kier alpha value is -1.06. The summed E-state index contributed by atoms with van der Waals surface area (Å²) in [6, 6.07) is 9.68. The van der Waals surface area contributed by atoms with Gasteiger partial charge in [0.1, 0.15) is 5.54 Å². The lowest BCUT2D eigenvalue weighted by atomic mass is 9.94. The monoisotopic (exact) mass is 243 g/mol. The summed E-state index contributed by atoms with van der Waals surface area (Å²) < 4.78 is 4.91. The molecule has 0 saturated carbocycles. The molecule has 0 spiro atoms. The van der Waals surface area contributed by atoms with E-state index >= 15 is 0 Å². The number of nitrogens with two attached hydrogens (primary N) is 1. The molecule has 2 N–H and O–H groups in total. The fourth-order valence-corrected chi connectivity index (χ4v) is 1.39. The Bertz CT molecular complexity index is 325. The Morgan fingerprint density at radius 2 is 1.94 bits per heavy atom. The van der Waals surface area contributed by atoms with Gasteiger partial charge in [-0.2, -0.15) is 0 Å². The highest BCUT2D eigenvalue weighted by Crippen LogP contribution is 2.12. The number of carbonyl (C=O) groups excluding carboxylic acids is 1. The van der Waals surface area contributed by atoms with E-state index in [1.165, 1.54) is 0 Å². The molecule has 0 bridgehead atoms. The predicted molar refractivity (Wildman–Crippen MR) is 66.6 cm³/mol. The summed E-state index contributed by atoms with van der Waals surface area (Å²) in [5.74, 6) is -0.353. The molecule has 1 atom stereocenters. The highest BCUT2D eigenvalue weighted by molar-refractivity contribution is 5.85. The number of ether oxygens (including phenoxy) is 1. The van der Waals surface area contributed by atoms with Crippen molar-refractivity contribution in [1.29, 1.82) is 0 Å². The maximum absolute atomic E-state index is 11.5. The van der Waals surface area contributed by atoms with Crippen LogP contribution in [0.2, 0.25) is 0 Å². The van der Waals surface area contributed by atoms with Gasteiger partial charge in [-0.1, -0.05) is 30.3 Å². The van der Waals surface area contributed by atoms with E-state index in [1.54, 1.807) is 13.8 Å². The van der Waals surface area contributed by atoms with Gasteiger partial charge in [-0.15, -0.1) is 12.4 Å². The summed E-state index contributed by atoms with van der Waals surface area (Å²) in [4.78, 5) is 11.5. The Kier molecular flexibility index (Phi) is 6.08. The number of halogens is 1. The molecule has 0 aliphatic rings. The van der Waals surface area contributed by atoms with Crippen molar-refractivity contribution in [2.45, 2.75) is 25.8 Å². The minimum atomic E-state index is -0.947. The molecule has 1 aromatic rings. The zero-order chi connectivity index (χ0) is 11.3. The van der Waals surface area contributed by atoms with Gasteiger partial charge in [0.05, 0.1) is 6.61 Å². The number of carbonyl (C=O) groups is 1. The fraction of sp³-hybridized carbons (Fsp3) is 0.417. The first-order chi connectivity index (χ1) is 7.06. The molecule has 0 heterocycles. The standard InChI is InChI=1S/C12H17NO2.ClH/c1-3-15-11(14)12(2,13)9-10-7-5-4-6-8-10;/h4-8H,3,9,13H2,1-2H3;1H/t12-;/m0./s1. The van der Waals surface area contributed by atoms with Gasteiger partial charge in [0.15, 0.2) is 0 Å². The third-order valence-electron chi connectivity index (χ3n) is 2.16. The maximum Gasteiger partial charge on any atom is 0.326 e. The Morgan fingerprint density at radius 3 is 2.44 bits per heavy atom. The Morgan fingerprint density at radius 1 is 1.38 bits per heavy atom. The van der Waals surface area contributed by atoms with Gasteiger partial charge in [-0.25, -0.2) is 0 Å². The molecular formula is C12H18ClNO2. The topological polar surface area (TPSA) is 52.3 Å². The van der Waals surface area contributed by atoms with Gasteiger partial charge < -0.3 is 10.5 Å². The number of esters is 1. The summed E-state index contributed by atoms with van der Waals surface area (Å²) in [5.41, 5.74) is 5.99. The summed E-state index contributed by atoms with van der Waals surface area (Å²) in [5, 5.41) is 0. The third kappa shape index (κ3) is 4.21.